The van der Waals surface area contributed by atoms with E-state index in [0.29, 0.717) is 12.2 Å². The fourth-order valence-corrected chi connectivity index (χ4v) is 2.49. The Labute approximate surface area is 124 Å². The van der Waals surface area contributed by atoms with Crippen molar-refractivity contribution in [3.63, 3.8) is 0 Å². The van der Waals surface area contributed by atoms with E-state index in [1.54, 1.807) is 30.3 Å². The summed E-state index contributed by atoms with van der Waals surface area (Å²) in [5, 5.41) is 12.9. The van der Waals surface area contributed by atoms with Crippen molar-refractivity contribution in [1.82, 2.24) is 0 Å². The summed E-state index contributed by atoms with van der Waals surface area (Å²) in [4.78, 5) is 0. The maximum absolute atomic E-state index is 11.1. The van der Waals surface area contributed by atoms with Crippen LogP contribution in [0.2, 0.25) is 0 Å². The molecule has 0 aliphatic carbocycles. The van der Waals surface area contributed by atoms with Crippen LogP contribution >= 0.6 is 0 Å². The molecule has 0 amide bonds. The first kappa shape index (κ1) is 15.2. The summed E-state index contributed by atoms with van der Waals surface area (Å²) < 4.78 is 24.6. The van der Waals surface area contributed by atoms with Gasteiger partial charge >= 0.3 is 0 Å². The number of phenolic OH excluding ortho intramolecular Hbond substituents is 1. The van der Waals surface area contributed by atoms with E-state index in [2.05, 4.69) is 10.0 Å². The molecule has 0 heterocycles. The van der Waals surface area contributed by atoms with Crippen molar-refractivity contribution in [3.8, 4) is 5.75 Å². The van der Waals surface area contributed by atoms with Crippen LogP contribution in [-0.4, -0.2) is 19.8 Å². The van der Waals surface area contributed by atoms with Gasteiger partial charge in [-0.3, -0.25) is 4.72 Å². The summed E-state index contributed by atoms with van der Waals surface area (Å²) in [5.74, 6) is 0.253. The van der Waals surface area contributed by atoms with Crippen LogP contribution in [0.4, 0.5) is 11.4 Å². The van der Waals surface area contributed by atoms with E-state index < -0.39 is 10.0 Å². The van der Waals surface area contributed by atoms with E-state index in [4.69, 9.17) is 0 Å². The fourth-order valence-electron chi connectivity index (χ4n) is 1.92. The Balaban J connectivity index is 2.02. The minimum absolute atomic E-state index is 0.253. The molecular weight excluding hydrogens is 288 g/mol. The Morgan fingerprint density at radius 1 is 1.05 bits per heavy atom. The number of anilines is 2. The van der Waals surface area contributed by atoms with Crippen molar-refractivity contribution in [3.05, 3.63) is 53.6 Å². The van der Waals surface area contributed by atoms with Crippen LogP contribution in [0.5, 0.6) is 5.75 Å². The Bertz CT molecular complexity index is 725. The number of nitrogens with one attached hydrogen (secondary N) is 2. The second-order valence-corrected chi connectivity index (χ2v) is 6.69. The van der Waals surface area contributed by atoms with Gasteiger partial charge in [-0.15, -0.1) is 0 Å². The Morgan fingerprint density at radius 3 is 2.29 bits per heavy atom. The van der Waals surface area contributed by atoms with Crippen molar-refractivity contribution in [2.75, 3.05) is 16.3 Å². The topological polar surface area (TPSA) is 78.4 Å². The third-order valence-electron chi connectivity index (χ3n) is 2.91. The van der Waals surface area contributed by atoms with Gasteiger partial charge in [0.15, 0.2) is 0 Å². The number of benzene rings is 2. The molecule has 2 rings (SSSR count). The van der Waals surface area contributed by atoms with Crippen molar-refractivity contribution in [2.24, 2.45) is 0 Å². The van der Waals surface area contributed by atoms with Crippen LogP contribution in [0.3, 0.4) is 0 Å². The third-order valence-corrected chi connectivity index (χ3v) is 3.51. The van der Waals surface area contributed by atoms with Crippen molar-refractivity contribution < 1.29 is 13.5 Å². The van der Waals surface area contributed by atoms with Crippen molar-refractivity contribution in [2.45, 2.75) is 13.5 Å². The van der Waals surface area contributed by atoms with Gasteiger partial charge in [0, 0.05) is 23.5 Å². The van der Waals surface area contributed by atoms with E-state index in [1.807, 2.05) is 19.1 Å². The molecule has 0 bridgehead atoms. The number of aromatic hydroxyl groups is 1. The smallest absolute Gasteiger partial charge is 0.229 e. The van der Waals surface area contributed by atoms with E-state index in [1.165, 1.54) is 0 Å². The summed E-state index contributed by atoms with van der Waals surface area (Å²) in [6.45, 7) is 2.46. The SMILES string of the molecule is Cc1ccc(O)c(CNc2ccc(NS(C)(=O)=O)cc2)c1. The molecule has 0 atom stereocenters. The molecule has 0 aliphatic heterocycles. The van der Waals surface area contributed by atoms with Crippen LogP contribution in [-0.2, 0) is 16.6 Å². The molecule has 5 nitrogen and oxygen atoms in total. The average molecular weight is 306 g/mol. The van der Waals surface area contributed by atoms with Crippen LogP contribution in [0.15, 0.2) is 42.5 Å². The minimum atomic E-state index is -3.26. The summed E-state index contributed by atoms with van der Waals surface area (Å²) in [7, 11) is -3.26. The van der Waals surface area contributed by atoms with Crippen molar-refractivity contribution >= 4 is 21.4 Å². The monoisotopic (exact) mass is 306 g/mol. The lowest BCUT2D eigenvalue weighted by atomic mass is 10.1. The predicted octanol–water partition coefficient (Wildman–Crippen LogP) is 2.68. The van der Waals surface area contributed by atoms with Gasteiger partial charge in [-0.1, -0.05) is 17.7 Å². The quantitative estimate of drug-likeness (QED) is 0.793. The van der Waals surface area contributed by atoms with E-state index in [-0.39, 0.29) is 5.75 Å². The van der Waals surface area contributed by atoms with E-state index in [0.717, 1.165) is 23.1 Å². The average Bonchev–Trinajstić information content (AvgIpc) is 2.40. The second kappa shape index (κ2) is 6.05. The summed E-state index contributed by atoms with van der Waals surface area (Å²) in [5.41, 5.74) is 3.25. The van der Waals surface area contributed by atoms with Gasteiger partial charge in [0.1, 0.15) is 5.75 Å². The first-order valence-electron chi connectivity index (χ1n) is 6.44. The summed E-state index contributed by atoms with van der Waals surface area (Å²) >= 11 is 0. The Morgan fingerprint density at radius 2 is 1.67 bits per heavy atom. The lowest BCUT2D eigenvalue weighted by molar-refractivity contribution is 0.469. The number of hydrogen-bond acceptors (Lipinski definition) is 4. The first-order valence-corrected chi connectivity index (χ1v) is 8.33. The van der Waals surface area contributed by atoms with Crippen LogP contribution in [0.1, 0.15) is 11.1 Å². The second-order valence-electron chi connectivity index (χ2n) is 4.94. The van der Waals surface area contributed by atoms with Crippen LogP contribution in [0, 0.1) is 6.92 Å². The molecule has 2 aromatic rings. The molecule has 0 saturated carbocycles. The molecule has 6 heteroatoms. The van der Waals surface area contributed by atoms with Gasteiger partial charge in [-0.05, 0) is 37.3 Å². The highest BCUT2D eigenvalue weighted by Crippen LogP contribution is 2.20. The maximum atomic E-state index is 11.1. The molecule has 21 heavy (non-hydrogen) atoms. The molecule has 0 aromatic heterocycles. The molecular formula is C15H18N2O3S. The normalized spacial score (nSPS) is 11.1. The predicted molar refractivity (Wildman–Crippen MR) is 85.1 cm³/mol. The lowest BCUT2D eigenvalue weighted by Gasteiger charge is -2.10. The zero-order valence-electron chi connectivity index (χ0n) is 11.9. The minimum Gasteiger partial charge on any atom is -0.508 e. The van der Waals surface area contributed by atoms with E-state index in [9.17, 15) is 13.5 Å². The zero-order chi connectivity index (χ0) is 15.5. The van der Waals surface area contributed by atoms with Gasteiger partial charge in [0.2, 0.25) is 10.0 Å². The van der Waals surface area contributed by atoms with Gasteiger partial charge in [-0.25, -0.2) is 8.42 Å². The highest BCUT2D eigenvalue weighted by molar-refractivity contribution is 7.92. The van der Waals surface area contributed by atoms with Crippen molar-refractivity contribution in [1.29, 1.82) is 0 Å². The number of rotatable bonds is 5. The molecule has 2 aromatic carbocycles. The van der Waals surface area contributed by atoms with Gasteiger partial charge in [0.05, 0.1) is 6.26 Å². The number of hydrogen-bond donors (Lipinski definition) is 3. The summed E-state index contributed by atoms with van der Waals surface area (Å²) in [6.07, 6.45) is 1.11. The molecule has 0 unspecified atom stereocenters. The van der Waals surface area contributed by atoms with Gasteiger partial charge in [-0.2, -0.15) is 0 Å². The maximum Gasteiger partial charge on any atom is 0.229 e. The molecule has 0 spiro atoms. The number of phenols is 1. The molecule has 0 aliphatic rings. The van der Waals surface area contributed by atoms with Gasteiger partial charge < -0.3 is 10.4 Å². The highest BCUT2D eigenvalue weighted by Gasteiger charge is 2.03. The van der Waals surface area contributed by atoms with E-state index >= 15 is 0 Å². The number of sulfonamides is 1. The lowest BCUT2D eigenvalue weighted by Crippen LogP contribution is -2.09. The highest BCUT2D eigenvalue weighted by atomic mass is 32.2. The molecule has 0 fully saturated rings. The third kappa shape index (κ3) is 4.68. The molecule has 0 saturated heterocycles. The molecule has 112 valence electrons. The zero-order valence-corrected chi connectivity index (χ0v) is 12.7. The van der Waals surface area contributed by atoms with Crippen LogP contribution < -0.4 is 10.0 Å². The largest absolute Gasteiger partial charge is 0.508 e. The Hall–Kier alpha value is -2.21. The Kier molecular flexibility index (Phi) is 4.37. The summed E-state index contributed by atoms with van der Waals surface area (Å²) in [6, 6.07) is 12.4. The molecule has 3 N–H and O–H groups in total. The first-order chi connectivity index (χ1) is 9.83. The van der Waals surface area contributed by atoms with Crippen LogP contribution in [0.25, 0.3) is 0 Å². The molecule has 0 radical (unpaired) electrons. The standard InChI is InChI=1S/C15H18N2O3S/c1-11-3-8-15(18)12(9-11)10-16-13-4-6-14(7-5-13)17-21(2,19)20/h3-9,16-18H,10H2,1-2H3. The fraction of sp³-hybridized carbons (Fsp3) is 0.200. The van der Waals surface area contributed by atoms with Gasteiger partial charge in [0.25, 0.3) is 0 Å². The number of aryl methyl sites for hydroxylation is 1.